The van der Waals surface area contributed by atoms with E-state index < -0.39 is 0 Å². The Morgan fingerprint density at radius 3 is 2.72 bits per heavy atom. The highest BCUT2D eigenvalue weighted by molar-refractivity contribution is 5.98. The molecule has 0 radical (unpaired) electrons. The molecule has 2 N–H and O–H groups in total. The van der Waals surface area contributed by atoms with E-state index in [4.69, 9.17) is 0 Å². The van der Waals surface area contributed by atoms with Crippen LogP contribution in [0.3, 0.4) is 0 Å². The van der Waals surface area contributed by atoms with Crippen LogP contribution in [0.15, 0.2) is 18.5 Å². The Labute approximate surface area is 106 Å². The summed E-state index contributed by atoms with van der Waals surface area (Å²) in [6.45, 7) is 4.47. The van der Waals surface area contributed by atoms with Gasteiger partial charge in [0.2, 0.25) is 5.91 Å². The predicted molar refractivity (Wildman–Crippen MR) is 66.2 cm³/mol. The molecular formula is C12H17N3O3. The van der Waals surface area contributed by atoms with Crippen LogP contribution in [0, 0.1) is 0 Å². The molecule has 0 atom stereocenters. The molecule has 0 bridgehead atoms. The molecule has 0 saturated carbocycles. The smallest absolute Gasteiger partial charge is 0.258 e. The number of pyridine rings is 1. The highest BCUT2D eigenvalue weighted by atomic mass is 16.3. The Morgan fingerprint density at radius 2 is 2.17 bits per heavy atom. The van der Waals surface area contributed by atoms with Crippen molar-refractivity contribution in [3.05, 3.63) is 24.0 Å². The topological polar surface area (TPSA) is 82.5 Å². The van der Waals surface area contributed by atoms with Crippen molar-refractivity contribution in [1.29, 1.82) is 0 Å². The van der Waals surface area contributed by atoms with Gasteiger partial charge in [-0.2, -0.15) is 0 Å². The minimum atomic E-state index is -0.386. The van der Waals surface area contributed by atoms with Gasteiger partial charge in [0.05, 0.1) is 18.3 Å². The molecular weight excluding hydrogens is 234 g/mol. The zero-order chi connectivity index (χ0) is 13.5. The molecule has 18 heavy (non-hydrogen) atoms. The van der Waals surface area contributed by atoms with E-state index in [0.717, 1.165) is 0 Å². The molecule has 1 aromatic rings. The molecule has 1 rings (SSSR count). The molecule has 0 fully saturated rings. The first kappa shape index (κ1) is 14.0. The number of aromatic hydroxyl groups is 1. The molecule has 0 aliphatic carbocycles. The molecule has 0 saturated heterocycles. The van der Waals surface area contributed by atoms with Crippen molar-refractivity contribution in [3.8, 4) is 5.75 Å². The molecule has 0 spiro atoms. The van der Waals surface area contributed by atoms with Gasteiger partial charge < -0.3 is 15.3 Å². The van der Waals surface area contributed by atoms with Crippen LogP contribution in [0.25, 0.3) is 0 Å². The second kappa shape index (κ2) is 6.58. The highest BCUT2D eigenvalue weighted by Crippen LogP contribution is 2.16. The van der Waals surface area contributed by atoms with Crippen LogP contribution < -0.4 is 5.32 Å². The molecule has 0 aliphatic rings. The highest BCUT2D eigenvalue weighted by Gasteiger charge is 2.19. The Morgan fingerprint density at radius 1 is 1.44 bits per heavy atom. The molecule has 6 heteroatoms. The second-order valence-corrected chi connectivity index (χ2v) is 3.67. The zero-order valence-corrected chi connectivity index (χ0v) is 10.5. The number of nitrogens with zero attached hydrogens (tertiary/aromatic N) is 2. The van der Waals surface area contributed by atoms with Gasteiger partial charge >= 0.3 is 0 Å². The van der Waals surface area contributed by atoms with Crippen LogP contribution in [-0.4, -0.2) is 46.4 Å². The molecule has 0 unspecified atom stereocenters. The fourth-order valence-corrected chi connectivity index (χ4v) is 1.49. The van der Waals surface area contributed by atoms with E-state index in [1.165, 1.54) is 23.4 Å². The minimum absolute atomic E-state index is 0.0229. The quantitative estimate of drug-likeness (QED) is 0.792. The van der Waals surface area contributed by atoms with Crippen molar-refractivity contribution in [1.82, 2.24) is 15.2 Å². The van der Waals surface area contributed by atoms with Crippen molar-refractivity contribution in [3.63, 3.8) is 0 Å². The predicted octanol–water partition coefficient (Wildman–Crippen LogP) is 0.385. The lowest BCUT2D eigenvalue weighted by Gasteiger charge is -2.20. The molecule has 1 aromatic heterocycles. The Hall–Kier alpha value is -2.11. The third-order valence-electron chi connectivity index (χ3n) is 2.41. The SMILES string of the molecule is CCNC(=O)CN(CC)C(=O)c1ccncc1O. The van der Waals surface area contributed by atoms with E-state index in [1.54, 1.807) is 6.92 Å². The van der Waals surface area contributed by atoms with E-state index in [1.807, 2.05) is 6.92 Å². The van der Waals surface area contributed by atoms with Gasteiger partial charge in [0.1, 0.15) is 5.75 Å². The number of rotatable bonds is 5. The van der Waals surface area contributed by atoms with Gasteiger partial charge in [0.15, 0.2) is 0 Å². The van der Waals surface area contributed by atoms with Crippen LogP contribution in [0.4, 0.5) is 0 Å². The van der Waals surface area contributed by atoms with Crippen molar-refractivity contribution in [2.24, 2.45) is 0 Å². The maximum Gasteiger partial charge on any atom is 0.258 e. The summed E-state index contributed by atoms with van der Waals surface area (Å²) < 4.78 is 0. The van der Waals surface area contributed by atoms with Crippen LogP contribution in [0.5, 0.6) is 5.75 Å². The van der Waals surface area contributed by atoms with E-state index in [-0.39, 0.29) is 29.7 Å². The Bertz CT molecular complexity index is 434. The number of hydrogen-bond acceptors (Lipinski definition) is 4. The Kier molecular flexibility index (Phi) is 5.10. The fraction of sp³-hybridized carbons (Fsp3) is 0.417. The van der Waals surface area contributed by atoms with Gasteiger partial charge in [-0.3, -0.25) is 14.6 Å². The normalized spacial score (nSPS) is 9.89. The monoisotopic (exact) mass is 251 g/mol. The van der Waals surface area contributed by atoms with Crippen LogP contribution in [-0.2, 0) is 4.79 Å². The molecule has 0 aliphatic heterocycles. The lowest BCUT2D eigenvalue weighted by atomic mass is 10.2. The molecule has 98 valence electrons. The van der Waals surface area contributed by atoms with Gasteiger partial charge in [0, 0.05) is 19.3 Å². The Balaban J connectivity index is 2.80. The number of nitrogens with one attached hydrogen (secondary N) is 1. The molecule has 6 nitrogen and oxygen atoms in total. The molecule has 2 amide bonds. The van der Waals surface area contributed by atoms with Gasteiger partial charge in [-0.25, -0.2) is 0 Å². The number of carbonyl (C=O) groups excluding carboxylic acids is 2. The van der Waals surface area contributed by atoms with E-state index in [9.17, 15) is 14.7 Å². The van der Waals surface area contributed by atoms with Gasteiger partial charge in [-0.15, -0.1) is 0 Å². The summed E-state index contributed by atoms with van der Waals surface area (Å²) in [7, 11) is 0. The van der Waals surface area contributed by atoms with Crippen molar-refractivity contribution >= 4 is 11.8 Å². The van der Waals surface area contributed by atoms with Crippen LogP contribution in [0.2, 0.25) is 0 Å². The summed E-state index contributed by atoms with van der Waals surface area (Å²) in [5.74, 6) is -0.790. The minimum Gasteiger partial charge on any atom is -0.505 e. The summed E-state index contributed by atoms with van der Waals surface area (Å²) in [6, 6.07) is 1.43. The van der Waals surface area contributed by atoms with Gasteiger partial charge in [0.25, 0.3) is 5.91 Å². The lowest BCUT2D eigenvalue weighted by molar-refractivity contribution is -0.121. The van der Waals surface area contributed by atoms with E-state index in [0.29, 0.717) is 13.1 Å². The van der Waals surface area contributed by atoms with Gasteiger partial charge in [-0.1, -0.05) is 0 Å². The first-order valence-electron chi connectivity index (χ1n) is 5.79. The summed E-state index contributed by atoms with van der Waals surface area (Å²) in [4.78, 5) is 28.6. The number of aromatic nitrogens is 1. The van der Waals surface area contributed by atoms with Gasteiger partial charge in [-0.05, 0) is 19.9 Å². The largest absolute Gasteiger partial charge is 0.505 e. The van der Waals surface area contributed by atoms with Crippen molar-refractivity contribution in [2.75, 3.05) is 19.6 Å². The third-order valence-corrected chi connectivity index (χ3v) is 2.41. The molecule has 0 aromatic carbocycles. The number of hydrogen-bond donors (Lipinski definition) is 2. The number of carbonyl (C=O) groups is 2. The fourth-order valence-electron chi connectivity index (χ4n) is 1.49. The first-order valence-corrected chi connectivity index (χ1v) is 5.79. The van der Waals surface area contributed by atoms with Crippen molar-refractivity contribution in [2.45, 2.75) is 13.8 Å². The summed E-state index contributed by atoms with van der Waals surface area (Å²) >= 11 is 0. The first-order chi connectivity index (χ1) is 8.60. The van der Waals surface area contributed by atoms with E-state index in [2.05, 4.69) is 10.3 Å². The lowest BCUT2D eigenvalue weighted by Crippen LogP contribution is -2.40. The maximum atomic E-state index is 12.1. The average Bonchev–Trinajstić information content (AvgIpc) is 2.36. The summed E-state index contributed by atoms with van der Waals surface area (Å²) in [6.07, 6.45) is 2.63. The standard InChI is InChI=1S/C12H17N3O3/c1-3-14-11(17)8-15(4-2)12(18)9-5-6-13-7-10(9)16/h5-7,16H,3-4,8H2,1-2H3,(H,14,17). The maximum absolute atomic E-state index is 12.1. The number of amides is 2. The van der Waals surface area contributed by atoms with Crippen LogP contribution in [0.1, 0.15) is 24.2 Å². The summed E-state index contributed by atoms with van der Waals surface area (Å²) in [5, 5.41) is 12.2. The van der Waals surface area contributed by atoms with Crippen LogP contribution >= 0.6 is 0 Å². The third kappa shape index (κ3) is 3.44. The molecule has 1 heterocycles. The summed E-state index contributed by atoms with van der Waals surface area (Å²) in [5.41, 5.74) is 0.149. The average molecular weight is 251 g/mol. The zero-order valence-electron chi connectivity index (χ0n) is 10.5. The number of likely N-dealkylation sites (N-methyl/N-ethyl adjacent to an activating group) is 2. The van der Waals surface area contributed by atoms with Crippen molar-refractivity contribution < 1.29 is 14.7 Å². The van der Waals surface area contributed by atoms with E-state index >= 15 is 0 Å². The second-order valence-electron chi connectivity index (χ2n) is 3.67.